The molecular formula is C16H15F2N3O5. The largest absolute Gasteiger partial charge is 0.461 e. The molecule has 26 heavy (non-hydrogen) atoms. The normalized spacial score (nSPS) is 10.3. The van der Waals surface area contributed by atoms with E-state index in [-0.39, 0.29) is 24.1 Å². The number of esters is 1. The number of oxazole rings is 1. The Bertz CT molecular complexity index is 830. The van der Waals surface area contributed by atoms with Crippen LogP contribution in [0.15, 0.2) is 22.6 Å². The molecule has 1 aromatic heterocycles. The quantitative estimate of drug-likeness (QED) is 0.786. The van der Waals surface area contributed by atoms with Gasteiger partial charge in [0.1, 0.15) is 17.2 Å². The molecule has 10 heteroatoms. The molecule has 1 heterocycles. The fourth-order valence-electron chi connectivity index (χ4n) is 1.95. The highest BCUT2D eigenvalue weighted by atomic mass is 19.1. The van der Waals surface area contributed by atoms with Gasteiger partial charge in [-0.1, -0.05) is 13.0 Å². The molecule has 2 rings (SSSR count). The Balaban J connectivity index is 2.16. The number of anilines is 1. The maximum absolute atomic E-state index is 13.6. The number of hydrogen-bond donors (Lipinski definition) is 2. The average molecular weight is 367 g/mol. The molecule has 0 atom stereocenters. The van der Waals surface area contributed by atoms with Gasteiger partial charge in [0.25, 0.3) is 5.91 Å². The maximum Gasteiger partial charge on any atom is 0.362 e. The highest BCUT2D eigenvalue weighted by Crippen LogP contribution is 2.19. The molecule has 0 aliphatic rings. The van der Waals surface area contributed by atoms with Crippen molar-refractivity contribution in [2.45, 2.75) is 20.3 Å². The SMILES string of the molecule is CCOC(=O)c1nc(CC)oc1NC(=O)NC(=O)c1c(F)cccc1F. The first kappa shape index (κ1) is 19.0. The summed E-state index contributed by atoms with van der Waals surface area (Å²) in [6.45, 7) is 3.36. The maximum atomic E-state index is 13.6. The summed E-state index contributed by atoms with van der Waals surface area (Å²) in [5.41, 5.74) is -1.21. The number of hydrogen-bond acceptors (Lipinski definition) is 6. The van der Waals surface area contributed by atoms with Crippen molar-refractivity contribution in [2.75, 3.05) is 11.9 Å². The number of ether oxygens (including phenoxy) is 1. The van der Waals surface area contributed by atoms with Gasteiger partial charge in [0.15, 0.2) is 5.89 Å². The highest BCUT2D eigenvalue weighted by Gasteiger charge is 2.24. The number of carbonyl (C=O) groups is 3. The molecule has 2 aromatic rings. The highest BCUT2D eigenvalue weighted by molar-refractivity contribution is 6.09. The van der Waals surface area contributed by atoms with Gasteiger partial charge in [-0.05, 0) is 19.1 Å². The minimum absolute atomic E-state index is 0.0732. The lowest BCUT2D eigenvalue weighted by Gasteiger charge is -2.07. The van der Waals surface area contributed by atoms with Crippen molar-refractivity contribution in [3.63, 3.8) is 0 Å². The van der Waals surface area contributed by atoms with Gasteiger partial charge in [0, 0.05) is 6.42 Å². The number of imide groups is 1. The lowest BCUT2D eigenvalue weighted by atomic mass is 10.2. The number of amides is 3. The number of aryl methyl sites for hydroxylation is 1. The van der Waals surface area contributed by atoms with Gasteiger partial charge in [-0.3, -0.25) is 15.4 Å². The molecule has 0 saturated carbocycles. The summed E-state index contributed by atoms with van der Waals surface area (Å²) in [7, 11) is 0. The second kappa shape index (κ2) is 8.19. The van der Waals surface area contributed by atoms with Crippen LogP contribution in [-0.2, 0) is 11.2 Å². The first-order valence-corrected chi connectivity index (χ1v) is 7.60. The second-order valence-corrected chi connectivity index (χ2v) is 4.86. The summed E-state index contributed by atoms with van der Waals surface area (Å²) in [4.78, 5) is 39.5. The molecule has 138 valence electrons. The standard InChI is InChI=1S/C16H15F2N3O5/c1-3-10-19-12(15(23)25-4-2)14(26-10)21-16(24)20-13(22)11-8(17)6-5-7-9(11)18/h5-7H,3-4H2,1-2H3,(H2,20,21,22,24). The van der Waals surface area contributed by atoms with E-state index in [4.69, 9.17) is 9.15 Å². The third kappa shape index (κ3) is 4.21. The Morgan fingerprint density at radius 2 is 1.85 bits per heavy atom. The van der Waals surface area contributed by atoms with Crippen LogP contribution >= 0.6 is 0 Å². The number of halogens is 2. The van der Waals surface area contributed by atoms with E-state index in [2.05, 4.69) is 10.3 Å². The van der Waals surface area contributed by atoms with E-state index in [1.165, 1.54) is 0 Å². The number of benzene rings is 1. The van der Waals surface area contributed by atoms with Crippen LogP contribution in [0.5, 0.6) is 0 Å². The van der Waals surface area contributed by atoms with E-state index in [0.29, 0.717) is 6.42 Å². The molecule has 0 spiro atoms. The predicted molar refractivity (Wildman–Crippen MR) is 84.7 cm³/mol. The lowest BCUT2D eigenvalue weighted by molar-refractivity contribution is 0.0521. The molecule has 0 saturated heterocycles. The van der Waals surface area contributed by atoms with Crippen LogP contribution in [0.25, 0.3) is 0 Å². The van der Waals surface area contributed by atoms with Gasteiger partial charge in [-0.25, -0.2) is 23.4 Å². The zero-order valence-corrected chi connectivity index (χ0v) is 13.9. The molecule has 1 aromatic carbocycles. The van der Waals surface area contributed by atoms with Crippen LogP contribution < -0.4 is 10.6 Å². The van der Waals surface area contributed by atoms with Crippen molar-refractivity contribution < 1.29 is 32.3 Å². The summed E-state index contributed by atoms with van der Waals surface area (Å²) in [6.07, 6.45) is 0.328. The van der Waals surface area contributed by atoms with Crippen LogP contribution in [0.2, 0.25) is 0 Å². The smallest absolute Gasteiger partial charge is 0.362 e. The summed E-state index contributed by atoms with van der Waals surface area (Å²) >= 11 is 0. The topological polar surface area (TPSA) is 111 Å². The Kier molecular flexibility index (Phi) is 5.99. The molecular weight excluding hydrogens is 352 g/mol. The van der Waals surface area contributed by atoms with E-state index in [9.17, 15) is 23.2 Å². The molecule has 3 amide bonds. The number of nitrogens with zero attached hydrogens (tertiary/aromatic N) is 1. The van der Waals surface area contributed by atoms with Gasteiger partial charge in [-0.15, -0.1) is 0 Å². The van der Waals surface area contributed by atoms with E-state index in [1.54, 1.807) is 19.2 Å². The van der Waals surface area contributed by atoms with E-state index in [0.717, 1.165) is 18.2 Å². The monoisotopic (exact) mass is 367 g/mol. The number of carbonyl (C=O) groups excluding carboxylic acids is 3. The van der Waals surface area contributed by atoms with Gasteiger partial charge >= 0.3 is 12.0 Å². The number of aromatic nitrogens is 1. The van der Waals surface area contributed by atoms with Crippen LogP contribution in [-0.4, -0.2) is 29.5 Å². The average Bonchev–Trinajstić information content (AvgIpc) is 2.97. The van der Waals surface area contributed by atoms with E-state index in [1.807, 2.05) is 0 Å². The molecule has 0 fully saturated rings. The summed E-state index contributed by atoms with van der Waals surface area (Å²) < 4.78 is 37.1. The van der Waals surface area contributed by atoms with Crippen molar-refractivity contribution in [3.05, 3.63) is 47.0 Å². The van der Waals surface area contributed by atoms with Crippen molar-refractivity contribution >= 4 is 23.8 Å². The molecule has 0 unspecified atom stereocenters. The summed E-state index contributed by atoms with van der Waals surface area (Å²) in [5, 5.41) is 3.84. The minimum Gasteiger partial charge on any atom is -0.461 e. The van der Waals surface area contributed by atoms with Crippen LogP contribution in [0, 0.1) is 11.6 Å². The Labute approximate surface area is 146 Å². The molecule has 0 radical (unpaired) electrons. The van der Waals surface area contributed by atoms with Crippen LogP contribution in [0.1, 0.15) is 40.6 Å². The van der Waals surface area contributed by atoms with E-state index >= 15 is 0 Å². The van der Waals surface area contributed by atoms with Gasteiger partial charge in [0.2, 0.25) is 11.6 Å². The van der Waals surface area contributed by atoms with E-state index < -0.39 is 35.1 Å². The molecule has 0 aliphatic carbocycles. The van der Waals surface area contributed by atoms with Gasteiger partial charge < -0.3 is 9.15 Å². The Hall–Kier alpha value is -3.30. The molecule has 2 N–H and O–H groups in total. The zero-order valence-electron chi connectivity index (χ0n) is 13.9. The number of rotatable bonds is 5. The first-order chi connectivity index (χ1) is 12.4. The predicted octanol–water partition coefficient (Wildman–Crippen LogP) is 2.65. The third-order valence-corrected chi connectivity index (χ3v) is 3.09. The minimum atomic E-state index is -1.30. The Morgan fingerprint density at radius 3 is 2.42 bits per heavy atom. The van der Waals surface area contributed by atoms with Crippen molar-refractivity contribution in [1.82, 2.24) is 10.3 Å². The summed E-state index contributed by atoms with van der Waals surface area (Å²) in [5.74, 6) is -4.59. The van der Waals surface area contributed by atoms with Crippen molar-refractivity contribution in [1.29, 1.82) is 0 Å². The van der Waals surface area contributed by atoms with Crippen LogP contribution in [0.4, 0.5) is 19.5 Å². The number of nitrogens with one attached hydrogen (secondary N) is 2. The van der Waals surface area contributed by atoms with Crippen molar-refractivity contribution in [3.8, 4) is 0 Å². The van der Waals surface area contributed by atoms with Gasteiger partial charge in [0.05, 0.1) is 6.61 Å². The summed E-state index contributed by atoms with van der Waals surface area (Å²) in [6, 6.07) is 1.66. The fourth-order valence-corrected chi connectivity index (χ4v) is 1.95. The molecule has 0 aliphatic heterocycles. The molecule has 8 nitrogen and oxygen atoms in total. The number of urea groups is 1. The third-order valence-electron chi connectivity index (χ3n) is 3.09. The van der Waals surface area contributed by atoms with Gasteiger partial charge in [-0.2, -0.15) is 0 Å². The second-order valence-electron chi connectivity index (χ2n) is 4.86. The van der Waals surface area contributed by atoms with Crippen LogP contribution in [0.3, 0.4) is 0 Å². The lowest BCUT2D eigenvalue weighted by Crippen LogP contribution is -2.35. The first-order valence-electron chi connectivity index (χ1n) is 7.60. The molecule has 0 bridgehead atoms. The fraction of sp³-hybridized carbons (Fsp3) is 0.250. The zero-order chi connectivity index (χ0) is 19.3. The van der Waals surface area contributed by atoms with Crippen molar-refractivity contribution in [2.24, 2.45) is 0 Å². The Morgan fingerprint density at radius 1 is 1.19 bits per heavy atom.